The van der Waals surface area contributed by atoms with Crippen LogP contribution in [0.5, 0.6) is 0 Å². The van der Waals surface area contributed by atoms with Gasteiger partial charge in [-0.1, -0.05) is 19.3 Å². The van der Waals surface area contributed by atoms with E-state index in [1.165, 1.54) is 11.0 Å². The van der Waals surface area contributed by atoms with E-state index in [0.717, 1.165) is 51.6 Å². The number of aromatic amines is 1. The lowest BCUT2D eigenvalue weighted by atomic mass is 9.95. The van der Waals surface area contributed by atoms with E-state index < -0.39 is 0 Å². The Balaban J connectivity index is 1.93. The standard InChI is InChI=1S/C14H21N3O2/c18-13-10-12(16-8-4-5-9-16)15-14(19)17(13)11-6-2-1-3-7-11/h10-11H,1-9H2,(H,15,19). The van der Waals surface area contributed by atoms with Crippen LogP contribution in [0.2, 0.25) is 0 Å². The third-order valence-corrected chi connectivity index (χ3v) is 4.34. The van der Waals surface area contributed by atoms with Crippen LogP contribution < -0.4 is 16.1 Å². The predicted molar refractivity (Wildman–Crippen MR) is 74.9 cm³/mol. The number of nitrogens with zero attached hydrogens (tertiary/aromatic N) is 2. The molecule has 1 aromatic rings. The van der Waals surface area contributed by atoms with Gasteiger partial charge in [0.05, 0.1) is 0 Å². The molecule has 19 heavy (non-hydrogen) atoms. The van der Waals surface area contributed by atoms with E-state index in [1.807, 2.05) is 0 Å². The number of aromatic nitrogens is 2. The molecule has 1 aromatic heterocycles. The highest BCUT2D eigenvalue weighted by molar-refractivity contribution is 5.37. The quantitative estimate of drug-likeness (QED) is 0.882. The van der Waals surface area contributed by atoms with Crippen LogP contribution in [0.15, 0.2) is 15.7 Å². The molecule has 1 aliphatic carbocycles. The molecule has 104 valence electrons. The molecule has 0 radical (unpaired) electrons. The molecule has 1 aliphatic heterocycles. The van der Waals surface area contributed by atoms with Gasteiger partial charge in [-0.15, -0.1) is 0 Å². The molecule has 0 aromatic carbocycles. The van der Waals surface area contributed by atoms with Crippen molar-refractivity contribution >= 4 is 5.82 Å². The number of H-pyrrole nitrogens is 1. The van der Waals surface area contributed by atoms with Crippen LogP contribution in [0, 0.1) is 0 Å². The van der Waals surface area contributed by atoms with Gasteiger partial charge in [-0.2, -0.15) is 0 Å². The van der Waals surface area contributed by atoms with Crippen molar-refractivity contribution in [3.8, 4) is 0 Å². The fourth-order valence-corrected chi connectivity index (χ4v) is 3.31. The third kappa shape index (κ3) is 2.46. The molecule has 0 spiro atoms. The first-order valence-corrected chi connectivity index (χ1v) is 7.36. The Hall–Kier alpha value is -1.52. The number of hydrogen-bond donors (Lipinski definition) is 1. The molecule has 1 saturated carbocycles. The summed E-state index contributed by atoms with van der Waals surface area (Å²) in [6.07, 6.45) is 7.61. The van der Waals surface area contributed by atoms with Crippen molar-refractivity contribution in [2.45, 2.75) is 51.0 Å². The van der Waals surface area contributed by atoms with Crippen molar-refractivity contribution in [3.63, 3.8) is 0 Å². The third-order valence-electron chi connectivity index (χ3n) is 4.34. The summed E-state index contributed by atoms with van der Waals surface area (Å²) in [6.45, 7) is 1.87. The van der Waals surface area contributed by atoms with Crippen molar-refractivity contribution in [3.05, 3.63) is 26.9 Å². The van der Waals surface area contributed by atoms with Gasteiger partial charge in [0.15, 0.2) is 0 Å². The SMILES string of the molecule is O=c1cc(N2CCCC2)[nH]c(=O)n1C1CCCCC1. The molecular formula is C14H21N3O2. The average Bonchev–Trinajstić information content (AvgIpc) is 2.93. The Kier molecular flexibility index (Phi) is 3.44. The average molecular weight is 263 g/mol. The highest BCUT2D eigenvalue weighted by Crippen LogP contribution is 2.26. The van der Waals surface area contributed by atoms with Crippen molar-refractivity contribution < 1.29 is 0 Å². The molecule has 5 nitrogen and oxygen atoms in total. The van der Waals surface area contributed by atoms with E-state index >= 15 is 0 Å². The van der Waals surface area contributed by atoms with Gasteiger partial charge in [-0.3, -0.25) is 14.3 Å². The van der Waals surface area contributed by atoms with Crippen molar-refractivity contribution in [2.75, 3.05) is 18.0 Å². The van der Waals surface area contributed by atoms with E-state index in [2.05, 4.69) is 9.88 Å². The van der Waals surface area contributed by atoms with Gasteiger partial charge in [-0.25, -0.2) is 4.79 Å². The minimum absolute atomic E-state index is 0.0950. The molecule has 0 bridgehead atoms. The van der Waals surface area contributed by atoms with Crippen molar-refractivity contribution in [1.82, 2.24) is 9.55 Å². The summed E-state index contributed by atoms with van der Waals surface area (Å²) in [7, 11) is 0. The summed E-state index contributed by atoms with van der Waals surface area (Å²) in [5.74, 6) is 0.694. The smallest absolute Gasteiger partial charge is 0.330 e. The van der Waals surface area contributed by atoms with Crippen LogP contribution in [0.1, 0.15) is 51.0 Å². The second kappa shape index (κ2) is 5.23. The summed E-state index contributed by atoms with van der Waals surface area (Å²) < 4.78 is 1.43. The fourth-order valence-electron chi connectivity index (χ4n) is 3.31. The van der Waals surface area contributed by atoms with Crippen molar-refractivity contribution in [1.29, 1.82) is 0 Å². The molecule has 2 fully saturated rings. The predicted octanol–water partition coefficient (Wildman–Crippen LogP) is 1.64. The minimum atomic E-state index is -0.235. The van der Waals surface area contributed by atoms with Crippen LogP contribution in [-0.2, 0) is 0 Å². The Morgan fingerprint density at radius 3 is 2.32 bits per heavy atom. The van der Waals surface area contributed by atoms with Gasteiger partial charge in [0.2, 0.25) is 0 Å². The lowest BCUT2D eigenvalue weighted by Gasteiger charge is -2.24. The Morgan fingerprint density at radius 1 is 1.00 bits per heavy atom. The summed E-state index contributed by atoms with van der Waals surface area (Å²) >= 11 is 0. The first-order valence-electron chi connectivity index (χ1n) is 7.36. The Labute approximate surface area is 112 Å². The number of hydrogen-bond acceptors (Lipinski definition) is 3. The van der Waals surface area contributed by atoms with Gasteiger partial charge >= 0.3 is 5.69 Å². The topological polar surface area (TPSA) is 58.1 Å². The lowest BCUT2D eigenvalue weighted by Crippen LogP contribution is -2.40. The number of nitrogens with one attached hydrogen (secondary N) is 1. The lowest BCUT2D eigenvalue weighted by molar-refractivity contribution is 0.336. The van der Waals surface area contributed by atoms with E-state index in [0.29, 0.717) is 5.82 Å². The van der Waals surface area contributed by atoms with Crippen LogP contribution in [-0.4, -0.2) is 22.6 Å². The highest BCUT2D eigenvalue weighted by atomic mass is 16.2. The molecule has 1 saturated heterocycles. The molecular weight excluding hydrogens is 242 g/mol. The zero-order valence-corrected chi connectivity index (χ0v) is 11.2. The zero-order chi connectivity index (χ0) is 13.2. The molecule has 3 rings (SSSR count). The highest BCUT2D eigenvalue weighted by Gasteiger charge is 2.20. The molecule has 5 heteroatoms. The maximum Gasteiger partial charge on any atom is 0.330 e. The molecule has 0 atom stereocenters. The van der Waals surface area contributed by atoms with Crippen LogP contribution in [0.3, 0.4) is 0 Å². The summed E-state index contributed by atoms with van der Waals surface area (Å²) in [4.78, 5) is 29.4. The summed E-state index contributed by atoms with van der Waals surface area (Å²) in [6, 6.07) is 1.69. The van der Waals surface area contributed by atoms with E-state index in [4.69, 9.17) is 0 Å². The Morgan fingerprint density at radius 2 is 1.68 bits per heavy atom. The Bertz CT molecular complexity index is 517. The van der Waals surface area contributed by atoms with Crippen LogP contribution in [0.25, 0.3) is 0 Å². The van der Waals surface area contributed by atoms with E-state index in [9.17, 15) is 9.59 Å². The summed E-state index contributed by atoms with van der Waals surface area (Å²) in [5.41, 5.74) is -0.376. The first kappa shape index (κ1) is 12.5. The maximum atomic E-state index is 12.2. The second-order valence-corrected chi connectivity index (χ2v) is 5.65. The van der Waals surface area contributed by atoms with Gasteiger partial charge in [0.1, 0.15) is 5.82 Å². The normalized spacial score (nSPS) is 20.9. The number of rotatable bonds is 2. The van der Waals surface area contributed by atoms with Gasteiger partial charge in [-0.05, 0) is 25.7 Å². The van der Waals surface area contributed by atoms with E-state index in [-0.39, 0.29) is 17.3 Å². The zero-order valence-electron chi connectivity index (χ0n) is 11.2. The maximum absolute atomic E-state index is 12.2. The molecule has 0 amide bonds. The molecule has 0 unspecified atom stereocenters. The molecule has 1 N–H and O–H groups in total. The van der Waals surface area contributed by atoms with Crippen LogP contribution >= 0.6 is 0 Å². The van der Waals surface area contributed by atoms with Gasteiger partial charge in [0, 0.05) is 25.2 Å². The van der Waals surface area contributed by atoms with Gasteiger partial charge in [0.25, 0.3) is 5.56 Å². The largest absolute Gasteiger partial charge is 0.358 e. The second-order valence-electron chi connectivity index (χ2n) is 5.65. The van der Waals surface area contributed by atoms with Crippen LogP contribution in [0.4, 0.5) is 5.82 Å². The fraction of sp³-hybridized carbons (Fsp3) is 0.714. The van der Waals surface area contributed by atoms with E-state index in [1.54, 1.807) is 6.07 Å². The minimum Gasteiger partial charge on any atom is -0.358 e. The number of anilines is 1. The molecule has 2 aliphatic rings. The molecule has 2 heterocycles. The summed E-state index contributed by atoms with van der Waals surface area (Å²) in [5, 5.41) is 0. The monoisotopic (exact) mass is 263 g/mol. The van der Waals surface area contributed by atoms with Crippen molar-refractivity contribution in [2.24, 2.45) is 0 Å². The first-order chi connectivity index (χ1) is 9.25. The van der Waals surface area contributed by atoms with Gasteiger partial charge < -0.3 is 4.90 Å².